The number of rotatable bonds is 2. The standard InChI is InChI=1S/C11H11N2O4/c1-7-5-8(3-4-13(7)15)10-12-9(6-17-10)11(14)16-2/h3-6,15H,1-2H3/q+1. The van der Waals surface area contributed by atoms with E-state index < -0.39 is 5.97 Å². The van der Waals surface area contributed by atoms with Crippen LogP contribution in [0.3, 0.4) is 0 Å². The number of aryl methyl sites for hydroxylation is 1. The fraction of sp³-hybridized carbons (Fsp3) is 0.182. The van der Waals surface area contributed by atoms with Crippen LogP contribution in [0.5, 0.6) is 0 Å². The van der Waals surface area contributed by atoms with Crippen LogP contribution in [0, 0.1) is 6.92 Å². The minimum absolute atomic E-state index is 0.112. The van der Waals surface area contributed by atoms with Crippen molar-refractivity contribution in [3.05, 3.63) is 36.0 Å². The normalized spacial score (nSPS) is 10.2. The van der Waals surface area contributed by atoms with E-state index >= 15 is 0 Å². The first-order chi connectivity index (χ1) is 8.11. The molecule has 2 aromatic rings. The van der Waals surface area contributed by atoms with Gasteiger partial charge in [-0.2, -0.15) is 0 Å². The van der Waals surface area contributed by atoms with E-state index in [0.717, 1.165) is 4.73 Å². The lowest BCUT2D eigenvalue weighted by molar-refractivity contribution is -0.908. The van der Waals surface area contributed by atoms with Gasteiger partial charge < -0.3 is 9.15 Å². The van der Waals surface area contributed by atoms with E-state index in [1.54, 1.807) is 19.1 Å². The van der Waals surface area contributed by atoms with E-state index in [1.807, 2.05) is 0 Å². The van der Waals surface area contributed by atoms with Gasteiger partial charge in [-0.05, 0) is 0 Å². The van der Waals surface area contributed by atoms with Gasteiger partial charge in [-0.15, -0.1) is 0 Å². The van der Waals surface area contributed by atoms with Crippen molar-refractivity contribution in [1.29, 1.82) is 0 Å². The Morgan fingerprint density at radius 1 is 1.59 bits per heavy atom. The molecule has 0 atom stereocenters. The summed E-state index contributed by atoms with van der Waals surface area (Å²) in [5.41, 5.74) is 1.41. The SMILES string of the molecule is COC(=O)c1coc(-c2cc[n+](O)c(C)c2)n1. The maximum atomic E-state index is 11.2. The molecule has 0 saturated carbocycles. The van der Waals surface area contributed by atoms with Crippen LogP contribution in [0.25, 0.3) is 11.5 Å². The van der Waals surface area contributed by atoms with E-state index in [4.69, 9.17) is 4.42 Å². The first kappa shape index (κ1) is 11.1. The van der Waals surface area contributed by atoms with Crippen molar-refractivity contribution >= 4 is 5.97 Å². The second-order valence-electron chi connectivity index (χ2n) is 3.43. The average Bonchev–Trinajstić information content (AvgIpc) is 2.81. The van der Waals surface area contributed by atoms with Crippen molar-refractivity contribution in [2.24, 2.45) is 0 Å². The van der Waals surface area contributed by atoms with Crippen LogP contribution in [-0.4, -0.2) is 23.3 Å². The zero-order chi connectivity index (χ0) is 12.4. The molecule has 0 fully saturated rings. The Bertz CT molecular complexity index is 562. The maximum absolute atomic E-state index is 11.2. The molecule has 0 aliphatic rings. The third-order valence-electron chi connectivity index (χ3n) is 2.27. The van der Waals surface area contributed by atoms with Gasteiger partial charge in [0.05, 0.1) is 7.11 Å². The lowest BCUT2D eigenvalue weighted by atomic mass is 10.2. The number of carbonyl (C=O) groups is 1. The highest BCUT2D eigenvalue weighted by Crippen LogP contribution is 2.18. The highest BCUT2D eigenvalue weighted by molar-refractivity contribution is 5.87. The predicted octanol–water partition coefficient (Wildman–Crippen LogP) is 0.961. The molecule has 0 bridgehead atoms. The number of oxazole rings is 1. The molecule has 0 saturated heterocycles. The Labute approximate surface area is 97.1 Å². The summed E-state index contributed by atoms with van der Waals surface area (Å²) in [6.07, 6.45) is 2.70. The molecule has 0 aliphatic heterocycles. The third kappa shape index (κ3) is 2.10. The Morgan fingerprint density at radius 2 is 2.35 bits per heavy atom. The van der Waals surface area contributed by atoms with Crippen molar-refractivity contribution < 1.29 is 23.9 Å². The molecule has 17 heavy (non-hydrogen) atoms. The van der Waals surface area contributed by atoms with Crippen LogP contribution in [0.15, 0.2) is 29.0 Å². The third-order valence-corrected chi connectivity index (χ3v) is 2.27. The van der Waals surface area contributed by atoms with Crippen LogP contribution >= 0.6 is 0 Å². The number of hydrogen-bond donors (Lipinski definition) is 1. The molecule has 6 heteroatoms. The summed E-state index contributed by atoms with van der Waals surface area (Å²) in [5, 5.41) is 9.31. The van der Waals surface area contributed by atoms with Gasteiger partial charge in [-0.1, -0.05) is 0 Å². The second kappa shape index (κ2) is 4.25. The Morgan fingerprint density at radius 3 is 3.00 bits per heavy atom. The minimum atomic E-state index is -0.551. The van der Waals surface area contributed by atoms with Gasteiger partial charge >= 0.3 is 5.97 Å². The molecule has 2 heterocycles. The second-order valence-corrected chi connectivity index (χ2v) is 3.43. The number of pyridine rings is 1. The van der Waals surface area contributed by atoms with Crippen LogP contribution < -0.4 is 4.73 Å². The number of methoxy groups -OCH3 is 1. The van der Waals surface area contributed by atoms with E-state index in [1.165, 1.54) is 19.6 Å². The molecular weight excluding hydrogens is 224 g/mol. The van der Waals surface area contributed by atoms with Crippen molar-refractivity contribution in [2.75, 3.05) is 7.11 Å². The molecule has 1 N–H and O–H groups in total. The summed E-state index contributed by atoms with van der Waals surface area (Å²) < 4.78 is 10.7. The quantitative estimate of drug-likeness (QED) is 0.476. The van der Waals surface area contributed by atoms with Crippen LogP contribution in [0.4, 0.5) is 0 Å². The number of esters is 1. The number of ether oxygens (including phenoxy) is 1. The van der Waals surface area contributed by atoms with Gasteiger partial charge in [-0.25, -0.2) is 9.78 Å². The molecule has 2 aromatic heterocycles. The summed E-state index contributed by atoms with van der Waals surface area (Å²) in [4.78, 5) is 15.2. The highest BCUT2D eigenvalue weighted by atomic mass is 16.5. The smallest absolute Gasteiger partial charge is 0.360 e. The lowest BCUT2D eigenvalue weighted by Gasteiger charge is -1.94. The van der Waals surface area contributed by atoms with Gasteiger partial charge in [0.25, 0.3) is 0 Å². The average molecular weight is 235 g/mol. The molecule has 0 radical (unpaired) electrons. The van der Waals surface area contributed by atoms with E-state index in [0.29, 0.717) is 17.1 Å². The van der Waals surface area contributed by atoms with Gasteiger partial charge in [0.1, 0.15) is 6.26 Å². The molecule has 88 valence electrons. The summed E-state index contributed by atoms with van der Waals surface area (Å²) in [5.74, 6) is -0.251. The minimum Gasteiger partial charge on any atom is -0.464 e. The fourth-order valence-corrected chi connectivity index (χ4v) is 1.35. The molecule has 2 rings (SSSR count). The molecule has 6 nitrogen and oxygen atoms in total. The zero-order valence-corrected chi connectivity index (χ0v) is 9.38. The molecule has 0 aliphatic carbocycles. The Kier molecular flexibility index (Phi) is 2.78. The van der Waals surface area contributed by atoms with E-state index in [-0.39, 0.29) is 5.69 Å². The summed E-state index contributed by atoms with van der Waals surface area (Å²) in [7, 11) is 1.28. The predicted molar refractivity (Wildman–Crippen MR) is 55.4 cm³/mol. The highest BCUT2D eigenvalue weighted by Gasteiger charge is 2.15. The van der Waals surface area contributed by atoms with E-state index in [2.05, 4.69) is 9.72 Å². The first-order valence-electron chi connectivity index (χ1n) is 4.87. The van der Waals surface area contributed by atoms with Crippen molar-refractivity contribution in [1.82, 2.24) is 4.98 Å². The van der Waals surface area contributed by atoms with Crippen molar-refractivity contribution in [3.63, 3.8) is 0 Å². The summed E-state index contributed by atoms with van der Waals surface area (Å²) in [6.45, 7) is 1.73. The zero-order valence-electron chi connectivity index (χ0n) is 9.38. The Balaban J connectivity index is 2.37. The fourth-order valence-electron chi connectivity index (χ4n) is 1.35. The number of hydrogen-bond acceptors (Lipinski definition) is 5. The number of carbonyl (C=O) groups excluding carboxylic acids is 1. The Hall–Kier alpha value is -2.37. The topological polar surface area (TPSA) is 76.4 Å². The molecule has 0 amide bonds. The molecular formula is C11H11N2O4+. The maximum Gasteiger partial charge on any atom is 0.360 e. The van der Waals surface area contributed by atoms with Gasteiger partial charge in [-0.3, -0.25) is 5.21 Å². The largest absolute Gasteiger partial charge is 0.464 e. The molecule has 0 aromatic carbocycles. The molecule has 0 spiro atoms. The van der Waals surface area contributed by atoms with Gasteiger partial charge in [0, 0.05) is 29.4 Å². The van der Waals surface area contributed by atoms with Gasteiger partial charge in [0.15, 0.2) is 5.69 Å². The summed E-state index contributed by atoms with van der Waals surface area (Å²) in [6, 6.07) is 3.31. The lowest BCUT2D eigenvalue weighted by Crippen LogP contribution is -2.32. The number of nitrogens with zero attached hydrogens (tertiary/aromatic N) is 2. The van der Waals surface area contributed by atoms with Gasteiger partial charge in [0.2, 0.25) is 17.8 Å². The first-order valence-corrected chi connectivity index (χ1v) is 4.87. The van der Waals surface area contributed by atoms with Crippen LogP contribution in [0.2, 0.25) is 0 Å². The van der Waals surface area contributed by atoms with E-state index in [9.17, 15) is 10.0 Å². The van der Waals surface area contributed by atoms with Crippen molar-refractivity contribution in [3.8, 4) is 11.5 Å². The van der Waals surface area contributed by atoms with Crippen LogP contribution in [-0.2, 0) is 4.74 Å². The number of aromatic nitrogens is 2. The molecule has 0 unspecified atom stereocenters. The summed E-state index contributed by atoms with van der Waals surface area (Å²) >= 11 is 0. The van der Waals surface area contributed by atoms with Crippen molar-refractivity contribution in [2.45, 2.75) is 6.92 Å². The monoisotopic (exact) mass is 235 g/mol. The van der Waals surface area contributed by atoms with Crippen LogP contribution in [0.1, 0.15) is 16.2 Å².